The number of carbonyl (C=O) groups excluding carboxylic acids is 2. The second-order valence-electron chi connectivity index (χ2n) is 6.20. The highest BCUT2D eigenvalue weighted by atomic mass is 32.2. The number of ether oxygens (including phenoxy) is 1. The Morgan fingerprint density at radius 1 is 1.33 bits per heavy atom. The van der Waals surface area contributed by atoms with E-state index in [0.29, 0.717) is 6.42 Å². The van der Waals surface area contributed by atoms with Crippen molar-refractivity contribution in [3.63, 3.8) is 0 Å². The van der Waals surface area contributed by atoms with Crippen molar-refractivity contribution in [2.75, 3.05) is 12.9 Å². The standard InChI is InChI=1S/C18H19F3O5S/c1-10-11(17(24)16-13(22)4-3-5-14(16)23)6-7-15(27(2)25)12(10)8-26-9-18(19,20)21/h6-7,22H,3-5,8-9H2,1-2H3. The lowest BCUT2D eigenvalue weighted by Gasteiger charge is -2.18. The Bertz CT molecular complexity index is 784. The van der Waals surface area contributed by atoms with E-state index in [4.69, 9.17) is 0 Å². The van der Waals surface area contributed by atoms with Crippen molar-refractivity contribution in [2.24, 2.45) is 0 Å². The molecule has 148 valence electrons. The lowest BCUT2D eigenvalue weighted by Crippen LogP contribution is -2.21. The van der Waals surface area contributed by atoms with Crippen LogP contribution in [-0.4, -0.2) is 40.3 Å². The maximum atomic E-state index is 12.8. The highest BCUT2D eigenvalue weighted by Crippen LogP contribution is 2.29. The predicted molar refractivity (Wildman–Crippen MR) is 92.1 cm³/mol. The number of hydrogen-bond acceptors (Lipinski definition) is 5. The van der Waals surface area contributed by atoms with Crippen LogP contribution in [0, 0.1) is 6.92 Å². The van der Waals surface area contributed by atoms with Gasteiger partial charge in [0.1, 0.15) is 24.2 Å². The number of rotatable bonds is 6. The normalized spacial score (nSPS) is 16.6. The maximum Gasteiger partial charge on any atom is 0.411 e. The Balaban J connectivity index is 2.42. The summed E-state index contributed by atoms with van der Waals surface area (Å²) in [6, 6.07) is 2.73. The van der Waals surface area contributed by atoms with Crippen molar-refractivity contribution in [1.82, 2.24) is 0 Å². The SMILES string of the molecule is Cc1c(C(=O)C2=C(O)CCCC2=O)ccc([S+](C)[O-])c1COCC(F)(F)F. The molecular formula is C18H19F3O5S. The topological polar surface area (TPSA) is 86.7 Å². The van der Waals surface area contributed by atoms with Crippen LogP contribution in [-0.2, 0) is 27.3 Å². The number of hydrogen-bond donors (Lipinski definition) is 1. The molecule has 1 aromatic rings. The largest absolute Gasteiger partial charge is 0.612 e. The summed E-state index contributed by atoms with van der Waals surface area (Å²) in [4.78, 5) is 25.1. The van der Waals surface area contributed by atoms with Gasteiger partial charge in [-0.1, -0.05) is 0 Å². The fourth-order valence-electron chi connectivity index (χ4n) is 2.92. The summed E-state index contributed by atoms with van der Waals surface area (Å²) in [5, 5.41) is 9.94. The number of allylic oxidation sites excluding steroid dienone is 2. The van der Waals surface area contributed by atoms with Gasteiger partial charge in [0.2, 0.25) is 0 Å². The summed E-state index contributed by atoms with van der Waals surface area (Å²) in [6.45, 7) is -0.480. The summed E-state index contributed by atoms with van der Waals surface area (Å²) >= 11 is -1.52. The minimum absolute atomic E-state index is 0.0617. The summed E-state index contributed by atoms with van der Waals surface area (Å²) in [5.41, 5.74) is 0.242. The van der Waals surface area contributed by atoms with Crippen molar-refractivity contribution >= 4 is 22.7 Å². The van der Waals surface area contributed by atoms with Crippen LogP contribution in [0.5, 0.6) is 0 Å². The smallest absolute Gasteiger partial charge is 0.411 e. The van der Waals surface area contributed by atoms with Gasteiger partial charge in [0, 0.05) is 24.0 Å². The van der Waals surface area contributed by atoms with Crippen LogP contribution in [0.2, 0.25) is 0 Å². The molecule has 1 aromatic carbocycles. The van der Waals surface area contributed by atoms with Gasteiger partial charge < -0.3 is 14.4 Å². The Morgan fingerprint density at radius 2 is 2.00 bits per heavy atom. The third-order valence-corrected chi connectivity index (χ3v) is 5.24. The molecule has 5 nitrogen and oxygen atoms in total. The number of carbonyl (C=O) groups is 2. The van der Waals surface area contributed by atoms with Gasteiger partial charge in [-0.2, -0.15) is 13.2 Å². The van der Waals surface area contributed by atoms with Crippen molar-refractivity contribution < 1.29 is 37.2 Å². The summed E-state index contributed by atoms with van der Waals surface area (Å²) in [6.07, 6.45) is -2.35. The van der Waals surface area contributed by atoms with Crippen LogP contribution in [0.4, 0.5) is 13.2 Å². The fourth-order valence-corrected chi connectivity index (χ4v) is 3.73. The summed E-state index contributed by atoms with van der Waals surface area (Å²) in [5.74, 6) is -1.45. The van der Waals surface area contributed by atoms with Crippen molar-refractivity contribution in [1.29, 1.82) is 0 Å². The Kier molecular flexibility index (Phi) is 6.72. The quantitative estimate of drug-likeness (QED) is 0.445. The molecule has 27 heavy (non-hydrogen) atoms. The highest BCUT2D eigenvalue weighted by Gasteiger charge is 2.31. The minimum atomic E-state index is -4.52. The lowest BCUT2D eigenvalue weighted by atomic mass is 9.88. The van der Waals surface area contributed by atoms with Gasteiger partial charge in [-0.25, -0.2) is 0 Å². The first-order chi connectivity index (χ1) is 12.5. The van der Waals surface area contributed by atoms with E-state index >= 15 is 0 Å². The third-order valence-electron chi connectivity index (χ3n) is 4.23. The number of alkyl halides is 3. The molecule has 0 fully saturated rings. The molecule has 2 rings (SSSR count). The second kappa shape index (κ2) is 8.45. The highest BCUT2D eigenvalue weighted by molar-refractivity contribution is 7.90. The van der Waals surface area contributed by atoms with Gasteiger partial charge >= 0.3 is 6.18 Å². The van der Waals surface area contributed by atoms with Gasteiger partial charge in [0.25, 0.3) is 0 Å². The van der Waals surface area contributed by atoms with Gasteiger partial charge in [-0.3, -0.25) is 9.59 Å². The van der Waals surface area contributed by atoms with Crippen LogP contribution in [0.3, 0.4) is 0 Å². The van der Waals surface area contributed by atoms with E-state index in [1.807, 2.05) is 0 Å². The van der Waals surface area contributed by atoms with E-state index < -0.39 is 42.1 Å². The van der Waals surface area contributed by atoms with Crippen molar-refractivity contribution in [2.45, 2.75) is 43.9 Å². The molecule has 0 radical (unpaired) electrons. The van der Waals surface area contributed by atoms with Gasteiger partial charge in [-0.15, -0.1) is 0 Å². The Hall–Kier alpha value is -1.84. The number of ketones is 2. The van der Waals surface area contributed by atoms with Gasteiger partial charge in [-0.05, 0) is 42.2 Å². The van der Waals surface area contributed by atoms with E-state index in [9.17, 15) is 32.4 Å². The van der Waals surface area contributed by atoms with Crippen LogP contribution in [0.15, 0.2) is 28.4 Å². The van der Waals surface area contributed by atoms with Crippen LogP contribution >= 0.6 is 0 Å². The zero-order chi connectivity index (χ0) is 20.4. The first-order valence-corrected chi connectivity index (χ1v) is 9.69. The zero-order valence-corrected chi connectivity index (χ0v) is 15.6. The molecule has 0 aliphatic heterocycles. The molecule has 1 unspecified atom stereocenters. The molecule has 0 aromatic heterocycles. The molecule has 0 amide bonds. The Labute approximate surface area is 157 Å². The van der Waals surface area contributed by atoms with Crippen LogP contribution < -0.4 is 0 Å². The lowest BCUT2D eigenvalue weighted by molar-refractivity contribution is -0.176. The molecule has 1 aliphatic carbocycles. The molecule has 0 saturated carbocycles. The number of halogens is 3. The molecule has 1 N–H and O–H groups in total. The average Bonchev–Trinajstić information content (AvgIpc) is 2.54. The molecule has 0 spiro atoms. The predicted octanol–water partition coefficient (Wildman–Crippen LogP) is 3.56. The number of benzene rings is 1. The van der Waals surface area contributed by atoms with E-state index in [1.54, 1.807) is 0 Å². The Morgan fingerprint density at radius 3 is 2.56 bits per heavy atom. The number of Topliss-reactive ketones (excluding diaryl/α,β-unsaturated/α-hetero) is 2. The zero-order valence-electron chi connectivity index (χ0n) is 14.8. The molecular weight excluding hydrogens is 385 g/mol. The van der Waals surface area contributed by atoms with Gasteiger partial charge in [0.05, 0.1) is 6.61 Å². The maximum absolute atomic E-state index is 12.8. The monoisotopic (exact) mass is 404 g/mol. The molecule has 9 heteroatoms. The van der Waals surface area contributed by atoms with E-state index in [2.05, 4.69) is 4.74 Å². The van der Waals surface area contributed by atoms with E-state index in [0.717, 1.165) is 0 Å². The average molecular weight is 404 g/mol. The molecule has 1 atom stereocenters. The number of aliphatic hydroxyl groups is 1. The molecule has 1 aliphatic rings. The van der Waals surface area contributed by atoms with Crippen LogP contribution in [0.1, 0.15) is 40.7 Å². The first-order valence-electron chi connectivity index (χ1n) is 8.13. The molecule has 0 heterocycles. The minimum Gasteiger partial charge on any atom is -0.612 e. The summed E-state index contributed by atoms with van der Waals surface area (Å²) < 4.78 is 53.6. The number of aliphatic hydroxyl groups excluding tert-OH is 1. The van der Waals surface area contributed by atoms with Crippen molar-refractivity contribution in [3.05, 3.63) is 40.2 Å². The van der Waals surface area contributed by atoms with Gasteiger partial charge in [0.15, 0.2) is 16.5 Å². The summed E-state index contributed by atoms with van der Waals surface area (Å²) in [7, 11) is 0. The van der Waals surface area contributed by atoms with Crippen molar-refractivity contribution in [3.8, 4) is 0 Å². The van der Waals surface area contributed by atoms with E-state index in [1.165, 1.54) is 25.3 Å². The molecule has 0 bridgehead atoms. The van der Waals surface area contributed by atoms with E-state index in [-0.39, 0.29) is 45.8 Å². The van der Waals surface area contributed by atoms with Crippen LogP contribution in [0.25, 0.3) is 0 Å². The molecule has 0 saturated heterocycles. The first kappa shape index (κ1) is 21.5. The second-order valence-corrected chi connectivity index (χ2v) is 7.55. The third kappa shape index (κ3) is 5.12. The fraction of sp³-hybridized carbons (Fsp3) is 0.444.